The summed E-state index contributed by atoms with van der Waals surface area (Å²) >= 11 is 2.99. The van der Waals surface area contributed by atoms with Gasteiger partial charge in [-0.05, 0) is 55.5 Å². The largest absolute Gasteiger partial charge is 0.478 e. The van der Waals surface area contributed by atoms with E-state index in [1.165, 1.54) is 23.9 Å². The first-order valence-corrected chi connectivity index (χ1v) is 12.4. The van der Waals surface area contributed by atoms with Gasteiger partial charge in [0.15, 0.2) is 5.16 Å². The Morgan fingerprint density at radius 2 is 1.59 bits per heavy atom. The number of hydrogen-bond donors (Lipinski definition) is 2. The van der Waals surface area contributed by atoms with Crippen molar-refractivity contribution >= 4 is 41.1 Å². The number of carbonyl (C=O) groups excluding carboxylic acids is 1. The normalized spacial score (nSPS) is 11.7. The van der Waals surface area contributed by atoms with Crippen LogP contribution in [0.2, 0.25) is 0 Å². The smallest absolute Gasteiger partial charge is 0.335 e. The molecule has 0 fully saturated rings. The predicted octanol–water partition coefficient (Wildman–Crippen LogP) is 5.38. The van der Waals surface area contributed by atoms with Gasteiger partial charge in [0.1, 0.15) is 5.82 Å². The molecule has 3 aromatic carbocycles. The molecular formula is C25H22N4O3S2. The van der Waals surface area contributed by atoms with E-state index in [9.17, 15) is 9.59 Å². The summed E-state index contributed by atoms with van der Waals surface area (Å²) in [6.45, 7) is 1.80. The highest BCUT2D eigenvalue weighted by Gasteiger charge is 2.21. The molecule has 172 valence electrons. The fraction of sp³-hybridized carbons (Fsp3) is 0.120. The summed E-state index contributed by atoms with van der Waals surface area (Å²) in [5, 5.41) is 20.8. The SMILES string of the molecule is CC(Sc1nnc(CSc2ccccc2)n1-c1ccccc1)C(=O)Nc1ccc(C(=O)O)cc1. The lowest BCUT2D eigenvalue weighted by Crippen LogP contribution is -2.23. The standard InChI is InChI=1S/C25H22N4O3S2/c1-17(23(30)26-19-14-12-18(13-15-19)24(31)32)34-25-28-27-22(16-33-21-10-6-3-7-11-21)29(25)20-8-4-2-5-9-20/h2-15,17H,16H2,1H3,(H,26,30)(H,31,32). The van der Waals surface area contributed by atoms with Crippen LogP contribution in [0, 0.1) is 0 Å². The summed E-state index contributed by atoms with van der Waals surface area (Å²) in [4.78, 5) is 24.9. The average molecular weight is 491 g/mol. The third-order valence-corrected chi connectivity index (χ3v) is 6.93. The van der Waals surface area contributed by atoms with Gasteiger partial charge in [0.05, 0.1) is 16.6 Å². The Labute approximate surface area is 205 Å². The predicted molar refractivity (Wildman–Crippen MR) is 135 cm³/mol. The third-order valence-electron chi connectivity index (χ3n) is 4.88. The van der Waals surface area contributed by atoms with E-state index in [0.717, 1.165) is 16.4 Å². The summed E-state index contributed by atoms with van der Waals surface area (Å²) in [6, 6.07) is 26.0. The topological polar surface area (TPSA) is 97.1 Å². The van der Waals surface area contributed by atoms with E-state index in [2.05, 4.69) is 27.6 Å². The number of para-hydroxylation sites is 1. The van der Waals surface area contributed by atoms with Gasteiger partial charge in [-0.2, -0.15) is 0 Å². The molecular weight excluding hydrogens is 468 g/mol. The molecule has 2 N–H and O–H groups in total. The van der Waals surface area contributed by atoms with Crippen molar-refractivity contribution in [2.75, 3.05) is 5.32 Å². The maximum absolute atomic E-state index is 12.8. The van der Waals surface area contributed by atoms with E-state index in [-0.39, 0.29) is 11.5 Å². The van der Waals surface area contributed by atoms with Gasteiger partial charge in [0.2, 0.25) is 5.91 Å². The van der Waals surface area contributed by atoms with Gasteiger partial charge in [0.25, 0.3) is 0 Å². The van der Waals surface area contributed by atoms with Crippen LogP contribution in [0.5, 0.6) is 0 Å². The van der Waals surface area contributed by atoms with Gasteiger partial charge in [0, 0.05) is 16.3 Å². The molecule has 0 aliphatic carbocycles. The Bertz CT molecular complexity index is 1260. The number of aromatic carboxylic acids is 1. The monoisotopic (exact) mass is 490 g/mol. The van der Waals surface area contributed by atoms with E-state index in [1.807, 2.05) is 53.1 Å². The number of nitrogens with one attached hydrogen (secondary N) is 1. The minimum absolute atomic E-state index is 0.164. The summed E-state index contributed by atoms with van der Waals surface area (Å²) in [5.74, 6) is 0.196. The number of hydrogen-bond acceptors (Lipinski definition) is 6. The number of nitrogens with zero attached hydrogens (tertiary/aromatic N) is 3. The zero-order chi connectivity index (χ0) is 23.9. The molecule has 1 amide bonds. The minimum atomic E-state index is -1.01. The Hall–Kier alpha value is -3.56. The summed E-state index contributed by atoms with van der Waals surface area (Å²) < 4.78 is 1.98. The third kappa shape index (κ3) is 5.86. The Morgan fingerprint density at radius 3 is 2.24 bits per heavy atom. The lowest BCUT2D eigenvalue weighted by Gasteiger charge is -2.14. The molecule has 0 aliphatic heterocycles. The fourth-order valence-corrected chi connectivity index (χ4v) is 4.84. The first-order valence-electron chi connectivity index (χ1n) is 10.5. The van der Waals surface area contributed by atoms with Gasteiger partial charge >= 0.3 is 5.97 Å². The maximum Gasteiger partial charge on any atom is 0.335 e. The van der Waals surface area contributed by atoms with Gasteiger partial charge < -0.3 is 10.4 Å². The lowest BCUT2D eigenvalue weighted by atomic mass is 10.2. The Morgan fingerprint density at radius 1 is 0.941 bits per heavy atom. The number of aromatic nitrogens is 3. The maximum atomic E-state index is 12.8. The Kier molecular flexibility index (Phi) is 7.66. The molecule has 0 bridgehead atoms. The van der Waals surface area contributed by atoms with E-state index < -0.39 is 11.2 Å². The van der Waals surface area contributed by atoms with Crippen molar-refractivity contribution in [3.8, 4) is 5.69 Å². The minimum Gasteiger partial charge on any atom is -0.478 e. The molecule has 0 saturated carbocycles. The second kappa shape index (κ2) is 11.0. The highest BCUT2D eigenvalue weighted by Crippen LogP contribution is 2.29. The second-order valence-corrected chi connectivity index (χ2v) is 9.66. The van der Waals surface area contributed by atoms with Crippen LogP contribution in [0.4, 0.5) is 5.69 Å². The molecule has 1 aromatic heterocycles. The van der Waals surface area contributed by atoms with Crippen molar-refractivity contribution in [2.24, 2.45) is 0 Å². The van der Waals surface area contributed by atoms with Gasteiger partial charge in [-0.15, -0.1) is 22.0 Å². The van der Waals surface area contributed by atoms with Crippen molar-refractivity contribution in [1.82, 2.24) is 14.8 Å². The summed E-state index contributed by atoms with van der Waals surface area (Å²) in [7, 11) is 0. The lowest BCUT2D eigenvalue weighted by molar-refractivity contribution is -0.115. The van der Waals surface area contributed by atoms with E-state index >= 15 is 0 Å². The van der Waals surface area contributed by atoms with Crippen molar-refractivity contribution < 1.29 is 14.7 Å². The number of carboxylic acid groups (broad SMARTS) is 1. The first kappa shape index (κ1) is 23.6. The van der Waals surface area contributed by atoms with Crippen LogP contribution >= 0.6 is 23.5 Å². The molecule has 0 spiro atoms. The number of amides is 1. The van der Waals surface area contributed by atoms with Crippen LogP contribution in [-0.4, -0.2) is 37.0 Å². The molecule has 0 aliphatic rings. The van der Waals surface area contributed by atoms with Crippen LogP contribution in [0.3, 0.4) is 0 Å². The molecule has 9 heteroatoms. The first-order chi connectivity index (χ1) is 16.5. The van der Waals surface area contributed by atoms with Crippen molar-refractivity contribution in [3.05, 3.63) is 96.3 Å². The number of thioether (sulfide) groups is 2. The van der Waals surface area contributed by atoms with E-state index in [0.29, 0.717) is 16.6 Å². The fourth-order valence-electron chi connectivity index (χ4n) is 3.12. The van der Waals surface area contributed by atoms with Crippen molar-refractivity contribution in [2.45, 2.75) is 28.0 Å². The van der Waals surface area contributed by atoms with Crippen molar-refractivity contribution in [1.29, 1.82) is 0 Å². The van der Waals surface area contributed by atoms with Gasteiger partial charge in [-0.25, -0.2) is 4.79 Å². The van der Waals surface area contributed by atoms with Gasteiger partial charge in [-0.1, -0.05) is 48.2 Å². The number of benzene rings is 3. The zero-order valence-electron chi connectivity index (χ0n) is 18.3. The molecule has 1 unspecified atom stereocenters. The average Bonchev–Trinajstić information content (AvgIpc) is 3.26. The highest BCUT2D eigenvalue weighted by molar-refractivity contribution is 8.00. The highest BCUT2D eigenvalue weighted by atomic mass is 32.2. The van der Waals surface area contributed by atoms with Crippen molar-refractivity contribution in [3.63, 3.8) is 0 Å². The summed E-state index contributed by atoms with van der Waals surface area (Å²) in [5.41, 5.74) is 1.62. The molecule has 4 aromatic rings. The van der Waals surface area contributed by atoms with Crippen LogP contribution in [0.1, 0.15) is 23.1 Å². The second-order valence-electron chi connectivity index (χ2n) is 7.30. The van der Waals surface area contributed by atoms with Crippen LogP contribution in [0.25, 0.3) is 5.69 Å². The molecule has 34 heavy (non-hydrogen) atoms. The van der Waals surface area contributed by atoms with Crippen LogP contribution < -0.4 is 5.32 Å². The molecule has 1 atom stereocenters. The van der Waals surface area contributed by atoms with Gasteiger partial charge in [-0.3, -0.25) is 9.36 Å². The quantitative estimate of drug-likeness (QED) is 0.304. The molecule has 0 saturated heterocycles. The number of anilines is 1. The zero-order valence-corrected chi connectivity index (χ0v) is 19.9. The number of carbonyl (C=O) groups is 2. The molecule has 0 radical (unpaired) electrons. The van der Waals surface area contributed by atoms with E-state index in [4.69, 9.17) is 5.11 Å². The summed E-state index contributed by atoms with van der Waals surface area (Å²) in [6.07, 6.45) is 0. The number of rotatable bonds is 9. The van der Waals surface area contributed by atoms with Crippen LogP contribution in [0.15, 0.2) is 95.0 Å². The van der Waals surface area contributed by atoms with Crippen LogP contribution in [-0.2, 0) is 10.5 Å². The Balaban J connectivity index is 1.50. The molecule has 7 nitrogen and oxygen atoms in total. The number of carboxylic acids is 1. The molecule has 4 rings (SSSR count). The van der Waals surface area contributed by atoms with E-state index in [1.54, 1.807) is 30.8 Å². The molecule has 1 heterocycles.